The normalized spacial score (nSPS) is 14.0. The SMILES string of the molecule is COc1cccc(CN(C)[C@@H](C)[C@H](O)c2ccccc2)c1. The number of hydrogen-bond donors (Lipinski definition) is 1. The Morgan fingerprint density at radius 1 is 1.10 bits per heavy atom. The first-order valence-electron chi connectivity index (χ1n) is 7.18. The number of methoxy groups -OCH3 is 1. The average Bonchev–Trinajstić information content (AvgIpc) is 2.54. The van der Waals surface area contributed by atoms with Crippen LogP contribution in [0.1, 0.15) is 24.2 Å². The maximum atomic E-state index is 10.5. The van der Waals surface area contributed by atoms with Crippen LogP contribution in [0.2, 0.25) is 0 Å². The topological polar surface area (TPSA) is 32.7 Å². The lowest BCUT2D eigenvalue weighted by Gasteiger charge is -2.29. The van der Waals surface area contributed by atoms with E-state index in [9.17, 15) is 5.11 Å². The first-order valence-corrected chi connectivity index (χ1v) is 7.18. The van der Waals surface area contributed by atoms with E-state index in [1.165, 1.54) is 5.56 Å². The summed E-state index contributed by atoms with van der Waals surface area (Å²) in [5.74, 6) is 0.858. The largest absolute Gasteiger partial charge is 0.497 e. The van der Waals surface area contributed by atoms with E-state index in [1.54, 1.807) is 7.11 Å². The zero-order valence-electron chi connectivity index (χ0n) is 12.9. The van der Waals surface area contributed by atoms with Crippen molar-refractivity contribution in [3.63, 3.8) is 0 Å². The molecule has 0 bridgehead atoms. The summed E-state index contributed by atoms with van der Waals surface area (Å²) in [7, 11) is 3.70. The summed E-state index contributed by atoms with van der Waals surface area (Å²) in [5, 5.41) is 10.5. The molecule has 0 aliphatic heterocycles. The van der Waals surface area contributed by atoms with E-state index >= 15 is 0 Å². The summed E-state index contributed by atoms with van der Waals surface area (Å²) in [6.45, 7) is 2.81. The lowest BCUT2D eigenvalue weighted by molar-refractivity contribution is 0.0688. The minimum absolute atomic E-state index is 0.0265. The second kappa shape index (κ2) is 7.25. The fraction of sp³-hybridized carbons (Fsp3) is 0.333. The van der Waals surface area contributed by atoms with Crippen molar-refractivity contribution < 1.29 is 9.84 Å². The van der Waals surface area contributed by atoms with Gasteiger partial charge >= 0.3 is 0 Å². The van der Waals surface area contributed by atoms with Crippen LogP contribution in [-0.2, 0) is 6.54 Å². The molecule has 0 amide bonds. The summed E-state index contributed by atoms with van der Waals surface area (Å²) < 4.78 is 5.25. The third-order valence-corrected chi connectivity index (χ3v) is 3.86. The molecule has 0 radical (unpaired) electrons. The van der Waals surface area contributed by atoms with Crippen LogP contribution in [0.5, 0.6) is 5.75 Å². The molecule has 0 spiro atoms. The van der Waals surface area contributed by atoms with Gasteiger partial charge in [0.1, 0.15) is 5.75 Å². The molecule has 2 aromatic carbocycles. The van der Waals surface area contributed by atoms with Crippen LogP contribution in [-0.4, -0.2) is 30.2 Å². The Hall–Kier alpha value is -1.84. The molecule has 3 nitrogen and oxygen atoms in total. The van der Waals surface area contributed by atoms with Gasteiger partial charge in [-0.2, -0.15) is 0 Å². The van der Waals surface area contributed by atoms with Crippen LogP contribution >= 0.6 is 0 Å². The second-order valence-electron chi connectivity index (χ2n) is 5.36. The lowest BCUT2D eigenvalue weighted by Crippen LogP contribution is -2.33. The molecule has 0 aromatic heterocycles. The Balaban J connectivity index is 2.03. The molecule has 0 aliphatic rings. The molecule has 112 valence electrons. The molecule has 0 saturated carbocycles. The van der Waals surface area contributed by atoms with Crippen LogP contribution in [0, 0.1) is 0 Å². The lowest BCUT2D eigenvalue weighted by atomic mass is 10.0. The number of nitrogens with zero attached hydrogens (tertiary/aromatic N) is 1. The second-order valence-corrected chi connectivity index (χ2v) is 5.36. The highest BCUT2D eigenvalue weighted by atomic mass is 16.5. The summed E-state index contributed by atoms with van der Waals surface area (Å²) in [6.07, 6.45) is -0.498. The van der Waals surface area contributed by atoms with Crippen LogP contribution in [0.4, 0.5) is 0 Å². The first-order chi connectivity index (χ1) is 10.1. The van der Waals surface area contributed by atoms with Crippen LogP contribution < -0.4 is 4.74 Å². The van der Waals surface area contributed by atoms with E-state index in [2.05, 4.69) is 11.0 Å². The van der Waals surface area contributed by atoms with Crippen molar-refractivity contribution in [1.82, 2.24) is 4.90 Å². The number of aliphatic hydroxyl groups is 1. The third kappa shape index (κ3) is 4.06. The summed E-state index contributed by atoms with van der Waals surface area (Å²) in [6, 6.07) is 17.8. The number of ether oxygens (including phenoxy) is 1. The van der Waals surface area contributed by atoms with Crippen molar-refractivity contribution in [3.05, 3.63) is 65.7 Å². The number of aliphatic hydroxyl groups excluding tert-OH is 1. The van der Waals surface area contributed by atoms with Gasteiger partial charge in [-0.15, -0.1) is 0 Å². The fourth-order valence-corrected chi connectivity index (χ4v) is 2.37. The molecule has 2 atom stereocenters. The van der Waals surface area contributed by atoms with E-state index in [1.807, 2.05) is 62.5 Å². The highest BCUT2D eigenvalue weighted by molar-refractivity contribution is 5.28. The van der Waals surface area contributed by atoms with Crippen molar-refractivity contribution in [2.75, 3.05) is 14.2 Å². The highest BCUT2D eigenvalue weighted by Gasteiger charge is 2.20. The predicted octanol–water partition coefficient (Wildman–Crippen LogP) is 3.25. The first kappa shape index (κ1) is 15.5. The van der Waals surface area contributed by atoms with E-state index in [-0.39, 0.29) is 6.04 Å². The molecule has 3 heteroatoms. The smallest absolute Gasteiger partial charge is 0.119 e. The number of benzene rings is 2. The highest BCUT2D eigenvalue weighted by Crippen LogP contribution is 2.22. The summed E-state index contributed by atoms with van der Waals surface area (Å²) in [5.41, 5.74) is 2.12. The quantitative estimate of drug-likeness (QED) is 0.884. The van der Waals surface area contributed by atoms with Gasteiger partial charge < -0.3 is 9.84 Å². The number of rotatable bonds is 6. The van der Waals surface area contributed by atoms with Gasteiger partial charge in [-0.05, 0) is 37.2 Å². The third-order valence-electron chi connectivity index (χ3n) is 3.86. The van der Waals surface area contributed by atoms with Crippen molar-refractivity contribution in [1.29, 1.82) is 0 Å². The van der Waals surface area contributed by atoms with Crippen molar-refractivity contribution in [2.45, 2.75) is 25.6 Å². The summed E-state index contributed by atoms with van der Waals surface area (Å²) in [4.78, 5) is 2.15. The molecule has 2 rings (SSSR count). The van der Waals surface area contributed by atoms with Crippen molar-refractivity contribution in [2.24, 2.45) is 0 Å². The predicted molar refractivity (Wildman–Crippen MR) is 85.3 cm³/mol. The van der Waals surface area contributed by atoms with Gasteiger partial charge in [0.2, 0.25) is 0 Å². The van der Waals surface area contributed by atoms with E-state index in [0.29, 0.717) is 0 Å². The minimum Gasteiger partial charge on any atom is -0.497 e. The molecule has 0 saturated heterocycles. The molecule has 0 unspecified atom stereocenters. The molecular weight excluding hydrogens is 262 g/mol. The monoisotopic (exact) mass is 285 g/mol. The Kier molecular flexibility index (Phi) is 5.37. The van der Waals surface area contributed by atoms with Gasteiger partial charge in [-0.1, -0.05) is 42.5 Å². The van der Waals surface area contributed by atoms with Gasteiger partial charge in [-0.3, -0.25) is 4.90 Å². The van der Waals surface area contributed by atoms with E-state index in [0.717, 1.165) is 17.9 Å². The molecule has 2 aromatic rings. The van der Waals surface area contributed by atoms with Crippen molar-refractivity contribution >= 4 is 0 Å². The number of likely N-dealkylation sites (N-methyl/N-ethyl adjacent to an activating group) is 1. The van der Waals surface area contributed by atoms with Gasteiger partial charge in [0.15, 0.2) is 0 Å². The Morgan fingerprint density at radius 3 is 2.48 bits per heavy atom. The molecular formula is C18H23NO2. The fourth-order valence-electron chi connectivity index (χ4n) is 2.37. The van der Waals surface area contributed by atoms with E-state index in [4.69, 9.17) is 4.74 Å². The Labute approximate surface area is 126 Å². The standard InChI is InChI=1S/C18H23NO2/c1-14(18(20)16-9-5-4-6-10-16)19(2)13-15-8-7-11-17(12-15)21-3/h4-12,14,18,20H,13H2,1-3H3/t14-,18-/m0/s1. The maximum Gasteiger partial charge on any atom is 0.119 e. The Bertz CT molecular complexity index is 556. The molecule has 21 heavy (non-hydrogen) atoms. The zero-order valence-corrected chi connectivity index (χ0v) is 12.9. The molecule has 1 N–H and O–H groups in total. The molecule has 0 aliphatic carbocycles. The molecule has 0 fully saturated rings. The Morgan fingerprint density at radius 2 is 1.81 bits per heavy atom. The summed E-state index contributed by atoms with van der Waals surface area (Å²) >= 11 is 0. The van der Waals surface area contributed by atoms with E-state index < -0.39 is 6.10 Å². The van der Waals surface area contributed by atoms with Gasteiger partial charge in [0.05, 0.1) is 13.2 Å². The zero-order chi connectivity index (χ0) is 15.2. The number of hydrogen-bond acceptors (Lipinski definition) is 3. The molecule has 0 heterocycles. The van der Waals surface area contributed by atoms with Gasteiger partial charge in [-0.25, -0.2) is 0 Å². The van der Waals surface area contributed by atoms with Crippen LogP contribution in [0.15, 0.2) is 54.6 Å². The van der Waals surface area contributed by atoms with Crippen LogP contribution in [0.25, 0.3) is 0 Å². The maximum absolute atomic E-state index is 10.5. The van der Waals surface area contributed by atoms with Gasteiger partial charge in [0, 0.05) is 12.6 Å². The van der Waals surface area contributed by atoms with Crippen LogP contribution in [0.3, 0.4) is 0 Å². The minimum atomic E-state index is -0.498. The van der Waals surface area contributed by atoms with Crippen molar-refractivity contribution in [3.8, 4) is 5.75 Å². The average molecular weight is 285 g/mol. The van der Waals surface area contributed by atoms with Gasteiger partial charge in [0.25, 0.3) is 0 Å².